The second-order valence-electron chi connectivity index (χ2n) is 5.48. The number of hydrogen-bond acceptors (Lipinski definition) is 5. The fourth-order valence-electron chi connectivity index (χ4n) is 2.68. The van der Waals surface area contributed by atoms with Gasteiger partial charge in [-0.2, -0.15) is 0 Å². The number of rotatable bonds is 5. The van der Waals surface area contributed by atoms with Crippen LogP contribution in [-0.2, 0) is 0 Å². The second-order valence-corrected chi connectivity index (χ2v) is 5.48. The maximum atomic E-state index is 4.61. The van der Waals surface area contributed by atoms with E-state index in [0.717, 1.165) is 46.5 Å². The van der Waals surface area contributed by atoms with Crippen LogP contribution in [0.2, 0.25) is 0 Å². The van der Waals surface area contributed by atoms with Gasteiger partial charge >= 0.3 is 0 Å². The summed E-state index contributed by atoms with van der Waals surface area (Å²) in [5.74, 6) is 1.73. The Hall–Kier alpha value is -3.21. The molecule has 0 aliphatic rings. The van der Waals surface area contributed by atoms with Gasteiger partial charge in [-0.25, -0.2) is 15.0 Å². The molecule has 2 heterocycles. The van der Waals surface area contributed by atoms with Gasteiger partial charge in [-0.15, -0.1) is 0 Å². The number of fused-ring (bicyclic) bond motifs is 2. The highest BCUT2D eigenvalue weighted by atomic mass is 15.1. The van der Waals surface area contributed by atoms with Crippen LogP contribution in [0.15, 0.2) is 67.0 Å². The minimum atomic E-state index is 0.746. The quantitative estimate of drug-likeness (QED) is 0.550. The first-order valence-electron chi connectivity index (χ1n) is 7.93. The lowest BCUT2D eigenvalue weighted by atomic mass is 10.2. The molecule has 0 spiro atoms. The fraction of sp³-hybridized carbons (Fsp3) is 0.105. The normalized spacial score (nSPS) is 10.8. The molecule has 2 aromatic heterocycles. The molecular formula is C19H17N5. The van der Waals surface area contributed by atoms with Crippen LogP contribution in [0.4, 0.5) is 11.6 Å². The number of para-hydroxylation sites is 2. The number of nitrogens with zero attached hydrogens (tertiary/aromatic N) is 3. The Kier molecular flexibility index (Phi) is 3.90. The third-order valence-corrected chi connectivity index (χ3v) is 3.86. The molecule has 0 saturated carbocycles. The molecule has 2 N–H and O–H groups in total. The lowest BCUT2D eigenvalue weighted by Crippen LogP contribution is -2.15. The van der Waals surface area contributed by atoms with E-state index < -0.39 is 0 Å². The minimum absolute atomic E-state index is 0.746. The first kappa shape index (κ1) is 14.4. The summed E-state index contributed by atoms with van der Waals surface area (Å²) < 4.78 is 0. The highest BCUT2D eigenvalue weighted by molar-refractivity contribution is 5.88. The van der Waals surface area contributed by atoms with Crippen LogP contribution < -0.4 is 10.6 Å². The first-order chi connectivity index (χ1) is 11.9. The van der Waals surface area contributed by atoms with Gasteiger partial charge in [0.1, 0.15) is 18.0 Å². The van der Waals surface area contributed by atoms with Crippen molar-refractivity contribution in [2.24, 2.45) is 0 Å². The van der Waals surface area contributed by atoms with Gasteiger partial charge in [-0.05, 0) is 30.3 Å². The Morgan fingerprint density at radius 1 is 0.708 bits per heavy atom. The molecule has 0 aliphatic heterocycles. The van der Waals surface area contributed by atoms with Crippen molar-refractivity contribution in [3.63, 3.8) is 0 Å². The van der Waals surface area contributed by atoms with Gasteiger partial charge in [0.15, 0.2) is 0 Å². The van der Waals surface area contributed by atoms with E-state index in [9.17, 15) is 0 Å². The van der Waals surface area contributed by atoms with E-state index in [1.807, 2.05) is 48.5 Å². The van der Waals surface area contributed by atoms with Gasteiger partial charge < -0.3 is 10.6 Å². The largest absolute Gasteiger partial charge is 0.368 e. The Labute approximate surface area is 139 Å². The Bertz CT molecular complexity index is 978. The number of nitrogens with one attached hydrogen (secondary N) is 2. The van der Waals surface area contributed by atoms with E-state index in [0.29, 0.717) is 0 Å². The molecule has 118 valence electrons. The zero-order valence-electron chi connectivity index (χ0n) is 13.1. The average molecular weight is 315 g/mol. The Balaban J connectivity index is 1.40. The van der Waals surface area contributed by atoms with Crippen LogP contribution in [0.25, 0.3) is 21.8 Å². The van der Waals surface area contributed by atoms with Crippen molar-refractivity contribution in [2.45, 2.75) is 0 Å². The van der Waals surface area contributed by atoms with E-state index in [1.165, 1.54) is 0 Å². The number of pyridine rings is 1. The van der Waals surface area contributed by atoms with Crippen molar-refractivity contribution in [3.05, 3.63) is 67.0 Å². The maximum Gasteiger partial charge on any atom is 0.137 e. The van der Waals surface area contributed by atoms with E-state index in [1.54, 1.807) is 6.33 Å². The number of aromatic nitrogens is 3. The molecule has 5 heteroatoms. The summed E-state index contributed by atoms with van der Waals surface area (Å²) in [4.78, 5) is 13.2. The molecule has 0 atom stereocenters. The highest BCUT2D eigenvalue weighted by Gasteiger charge is 2.02. The summed E-state index contributed by atoms with van der Waals surface area (Å²) in [5, 5.41) is 8.87. The summed E-state index contributed by atoms with van der Waals surface area (Å²) in [6.45, 7) is 1.50. The molecule has 2 aromatic carbocycles. The average Bonchev–Trinajstić information content (AvgIpc) is 2.65. The highest BCUT2D eigenvalue weighted by Crippen LogP contribution is 2.18. The van der Waals surface area contributed by atoms with E-state index in [4.69, 9.17) is 0 Å². The molecule has 0 bridgehead atoms. The van der Waals surface area contributed by atoms with Gasteiger partial charge in [-0.3, -0.25) is 0 Å². The fourth-order valence-corrected chi connectivity index (χ4v) is 2.68. The first-order valence-corrected chi connectivity index (χ1v) is 7.93. The Morgan fingerprint density at radius 2 is 1.50 bits per heavy atom. The van der Waals surface area contributed by atoms with E-state index >= 15 is 0 Å². The molecule has 0 amide bonds. The summed E-state index contributed by atoms with van der Waals surface area (Å²) in [5.41, 5.74) is 1.94. The third kappa shape index (κ3) is 2.96. The minimum Gasteiger partial charge on any atom is -0.368 e. The SMILES string of the molecule is c1ccc2nc(NCCNc3ncnc4ccccc34)ccc2c1. The van der Waals surface area contributed by atoms with Gasteiger partial charge in [0.05, 0.1) is 11.0 Å². The van der Waals surface area contributed by atoms with Crippen molar-refractivity contribution in [1.29, 1.82) is 0 Å². The molecule has 0 fully saturated rings. The summed E-state index contributed by atoms with van der Waals surface area (Å²) in [6.07, 6.45) is 1.59. The van der Waals surface area contributed by atoms with Gasteiger partial charge in [0, 0.05) is 23.9 Å². The predicted octanol–water partition coefficient (Wildman–Crippen LogP) is 3.70. The van der Waals surface area contributed by atoms with Gasteiger partial charge in [0.25, 0.3) is 0 Å². The monoisotopic (exact) mass is 315 g/mol. The van der Waals surface area contributed by atoms with Crippen LogP contribution in [0, 0.1) is 0 Å². The van der Waals surface area contributed by atoms with Crippen molar-refractivity contribution < 1.29 is 0 Å². The third-order valence-electron chi connectivity index (χ3n) is 3.86. The van der Waals surface area contributed by atoms with E-state index in [-0.39, 0.29) is 0 Å². The zero-order valence-corrected chi connectivity index (χ0v) is 13.1. The number of anilines is 2. The van der Waals surface area contributed by atoms with Crippen molar-refractivity contribution in [2.75, 3.05) is 23.7 Å². The van der Waals surface area contributed by atoms with Gasteiger partial charge in [0.2, 0.25) is 0 Å². The molecular weight excluding hydrogens is 298 g/mol. The number of hydrogen-bond donors (Lipinski definition) is 2. The molecule has 0 unspecified atom stereocenters. The topological polar surface area (TPSA) is 62.7 Å². The predicted molar refractivity (Wildman–Crippen MR) is 98.3 cm³/mol. The van der Waals surface area contributed by atoms with Crippen molar-refractivity contribution >= 4 is 33.4 Å². The summed E-state index contributed by atoms with van der Waals surface area (Å²) in [6, 6.07) is 20.2. The standard InChI is InChI=1S/C19H17N5/c1-3-7-16-14(5-1)9-10-18(24-16)20-11-12-21-19-15-6-2-4-8-17(15)22-13-23-19/h1-10,13H,11-12H2,(H,20,24)(H,21,22,23). The smallest absolute Gasteiger partial charge is 0.137 e. The van der Waals surface area contributed by atoms with Crippen LogP contribution in [0.5, 0.6) is 0 Å². The summed E-state index contributed by atoms with van der Waals surface area (Å²) in [7, 11) is 0. The lowest BCUT2D eigenvalue weighted by Gasteiger charge is -2.10. The summed E-state index contributed by atoms with van der Waals surface area (Å²) >= 11 is 0. The van der Waals surface area contributed by atoms with Crippen molar-refractivity contribution in [1.82, 2.24) is 15.0 Å². The van der Waals surface area contributed by atoms with Crippen LogP contribution >= 0.6 is 0 Å². The zero-order chi connectivity index (χ0) is 16.2. The lowest BCUT2D eigenvalue weighted by molar-refractivity contribution is 1.05. The molecule has 4 rings (SSSR count). The molecule has 0 saturated heterocycles. The molecule has 0 radical (unpaired) electrons. The maximum absolute atomic E-state index is 4.61. The van der Waals surface area contributed by atoms with Crippen LogP contribution in [0.3, 0.4) is 0 Å². The van der Waals surface area contributed by atoms with Gasteiger partial charge in [-0.1, -0.05) is 30.3 Å². The second kappa shape index (κ2) is 6.50. The molecule has 24 heavy (non-hydrogen) atoms. The molecule has 0 aliphatic carbocycles. The number of benzene rings is 2. The van der Waals surface area contributed by atoms with Crippen LogP contribution in [0.1, 0.15) is 0 Å². The Morgan fingerprint density at radius 3 is 2.46 bits per heavy atom. The van der Waals surface area contributed by atoms with Crippen LogP contribution in [-0.4, -0.2) is 28.0 Å². The van der Waals surface area contributed by atoms with E-state index in [2.05, 4.69) is 37.7 Å². The molecule has 4 aromatic rings. The van der Waals surface area contributed by atoms with Crippen molar-refractivity contribution in [3.8, 4) is 0 Å². The molecule has 5 nitrogen and oxygen atoms in total.